The van der Waals surface area contributed by atoms with E-state index in [0.29, 0.717) is 35.9 Å². The summed E-state index contributed by atoms with van der Waals surface area (Å²) in [6.07, 6.45) is 0.330. The van der Waals surface area contributed by atoms with E-state index in [-0.39, 0.29) is 5.91 Å². The van der Waals surface area contributed by atoms with Crippen molar-refractivity contribution < 1.29 is 19.0 Å². The van der Waals surface area contributed by atoms with E-state index in [4.69, 9.17) is 14.2 Å². The maximum absolute atomic E-state index is 12.6. The summed E-state index contributed by atoms with van der Waals surface area (Å²) >= 11 is 0. The number of rotatable bonds is 9. The second kappa shape index (κ2) is 10.4. The molecule has 0 aliphatic rings. The van der Waals surface area contributed by atoms with E-state index in [2.05, 4.69) is 34.5 Å². The Balaban J connectivity index is 1.68. The molecule has 0 saturated heterocycles. The third kappa shape index (κ3) is 5.28. The largest absolute Gasteiger partial charge is 0.493 e. The Morgan fingerprint density at radius 1 is 0.871 bits per heavy atom. The second-order valence-corrected chi connectivity index (χ2v) is 7.02. The van der Waals surface area contributed by atoms with Crippen LogP contribution in [0.2, 0.25) is 0 Å². The number of amides is 1. The van der Waals surface area contributed by atoms with E-state index in [1.54, 1.807) is 33.5 Å². The molecule has 3 rings (SSSR count). The van der Waals surface area contributed by atoms with Crippen molar-refractivity contribution in [3.63, 3.8) is 0 Å². The fraction of sp³-hybridized carbons (Fsp3) is 0.240. The number of carbonyl (C=O) groups excluding carboxylic acids is 1. The van der Waals surface area contributed by atoms with Crippen molar-refractivity contribution in [1.82, 2.24) is 0 Å². The van der Waals surface area contributed by atoms with Crippen molar-refractivity contribution in [2.24, 2.45) is 0 Å². The molecular formula is C25H28N2O4. The van der Waals surface area contributed by atoms with Gasteiger partial charge >= 0.3 is 0 Å². The van der Waals surface area contributed by atoms with Gasteiger partial charge < -0.3 is 24.4 Å². The third-order valence-electron chi connectivity index (χ3n) is 5.02. The topological polar surface area (TPSA) is 60.0 Å². The molecule has 3 aromatic carbocycles. The minimum Gasteiger partial charge on any atom is -0.493 e. The van der Waals surface area contributed by atoms with Crippen molar-refractivity contribution in [2.75, 3.05) is 45.1 Å². The van der Waals surface area contributed by atoms with E-state index in [9.17, 15) is 4.79 Å². The van der Waals surface area contributed by atoms with Crippen LogP contribution in [0.25, 0.3) is 11.1 Å². The number of nitrogens with zero attached hydrogens (tertiary/aromatic N) is 1. The highest BCUT2D eigenvalue weighted by atomic mass is 16.5. The molecule has 1 amide bonds. The first-order chi connectivity index (χ1) is 15.1. The summed E-state index contributed by atoms with van der Waals surface area (Å²) in [6, 6.07) is 21.9. The van der Waals surface area contributed by atoms with Gasteiger partial charge in [-0.15, -0.1) is 0 Å². The Bertz CT molecular complexity index is 996. The van der Waals surface area contributed by atoms with Crippen molar-refractivity contribution in [3.05, 3.63) is 66.7 Å². The Morgan fingerprint density at radius 3 is 2.10 bits per heavy atom. The molecule has 0 heterocycles. The molecule has 3 aromatic rings. The van der Waals surface area contributed by atoms with Gasteiger partial charge in [-0.25, -0.2) is 0 Å². The SMILES string of the molecule is COc1cc(NC(=O)CCN(C)c2ccccc2-c2ccccc2)cc(OC)c1OC. The van der Waals surface area contributed by atoms with Crippen LogP contribution in [-0.4, -0.2) is 40.8 Å². The van der Waals surface area contributed by atoms with Crippen molar-refractivity contribution in [3.8, 4) is 28.4 Å². The smallest absolute Gasteiger partial charge is 0.226 e. The third-order valence-corrected chi connectivity index (χ3v) is 5.02. The normalized spacial score (nSPS) is 10.3. The highest BCUT2D eigenvalue weighted by Gasteiger charge is 2.15. The number of nitrogens with one attached hydrogen (secondary N) is 1. The minimum atomic E-state index is -0.0988. The van der Waals surface area contributed by atoms with Crippen LogP contribution in [0.1, 0.15) is 6.42 Å². The van der Waals surface area contributed by atoms with E-state index in [1.165, 1.54) is 0 Å². The number of carbonyl (C=O) groups is 1. The van der Waals surface area contributed by atoms with Crippen LogP contribution in [0.4, 0.5) is 11.4 Å². The van der Waals surface area contributed by atoms with E-state index >= 15 is 0 Å². The molecule has 0 saturated carbocycles. The number of hydrogen-bond donors (Lipinski definition) is 1. The maximum Gasteiger partial charge on any atom is 0.226 e. The summed E-state index contributed by atoms with van der Waals surface area (Å²) in [7, 11) is 6.63. The lowest BCUT2D eigenvalue weighted by molar-refractivity contribution is -0.116. The second-order valence-electron chi connectivity index (χ2n) is 7.02. The number of hydrogen-bond acceptors (Lipinski definition) is 5. The van der Waals surface area contributed by atoms with Gasteiger partial charge in [0, 0.05) is 49.1 Å². The number of ether oxygens (including phenoxy) is 3. The van der Waals surface area contributed by atoms with Gasteiger partial charge in [-0.3, -0.25) is 4.79 Å². The maximum atomic E-state index is 12.6. The molecular weight excluding hydrogens is 392 g/mol. The van der Waals surface area contributed by atoms with Crippen LogP contribution in [0.3, 0.4) is 0 Å². The molecule has 1 N–H and O–H groups in total. The molecule has 0 bridgehead atoms. The zero-order chi connectivity index (χ0) is 22.2. The monoisotopic (exact) mass is 420 g/mol. The van der Waals surface area contributed by atoms with Gasteiger partial charge in [0.05, 0.1) is 21.3 Å². The van der Waals surface area contributed by atoms with Gasteiger partial charge in [-0.2, -0.15) is 0 Å². The first kappa shape index (κ1) is 22.0. The van der Waals surface area contributed by atoms with Gasteiger partial charge in [0.1, 0.15) is 0 Å². The summed E-state index contributed by atoms with van der Waals surface area (Å²) in [5.41, 5.74) is 3.95. The van der Waals surface area contributed by atoms with Crippen LogP contribution < -0.4 is 24.4 Å². The lowest BCUT2D eigenvalue weighted by Crippen LogP contribution is -2.24. The Labute approximate surface area is 183 Å². The molecule has 0 fully saturated rings. The molecule has 0 atom stereocenters. The fourth-order valence-electron chi connectivity index (χ4n) is 3.43. The zero-order valence-electron chi connectivity index (χ0n) is 18.3. The van der Waals surface area contributed by atoms with Crippen molar-refractivity contribution >= 4 is 17.3 Å². The van der Waals surface area contributed by atoms with Gasteiger partial charge in [0.2, 0.25) is 11.7 Å². The molecule has 6 heteroatoms. The number of para-hydroxylation sites is 1. The summed E-state index contributed by atoms with van der Waals surface area (Å²) in [5, 5.41) is 2.91. The first-order valence-electron chi connectivity index (χ1n) is 10.0. The Hall–Kier alpha value is -3.67. The highest BCUT2D eigenvalue weighted by Crippen LogP contribution is 2.40. The van der Waals surface area contributed by atoms with Crippen LogP contribution in [-0.2, 0) is 4.79 Å². The van der Waals surface area contributed by atoms with Crippen molar-refractivity contribution in [1.29, 1.82) is 0 Å². The summed E-state index contributed by atoms with van der Waals surface area (Å²) in [6.45, 7) is 0.570. The molecule has 0 aliphatic heterocycles. The average Bonchev–Trinajstić information content (AvgIpc) is 2.82. The summed E-state index contributed by atoms with van der Waals surface area (Å²) in [4.78, 5) is 14.7. The van der Waals surface area contributed by atoms with Gasteiger partial charge in [-0.1, -0.05) is 48.5 Å². The van der Waals surface area contributed by atoms with Gasteiger partial charge in [0.25, 0.3) is 0 Å². The summed E-state index contributed by atoms with van der Waals surface area (Å²) in [5.74, 6) is 1.37. The lowest BCUT2D eigenvalue weighted by Gasteiger charge is -2.22. The quantitative estimate of drug-likeness (QED) is 0.537. The number of benzene rings is 3. The van der Waals surface area contributed by atoms with Crippen LogP contribution in [0, 0.1) is 0 Å². The molecule has 6 nitrogen and oxygen atoms in total. The molecule has 0 radical (unpaired) electrons. The summed E-state index contributed by atoms with van der Waals surface area (Å²) < 4.78 is 16.0. The Kier molecular flexibility index (Phi) is 7.38. The van der Waals surface area contributed by atoms with Crippen LogP contribution in [0.5, 0.6) is 17.2 Å². The fourth-order valence-corrected chi connectivity index (χ4v) is 3.43. The van der Waals surface area contributed by atoms with Crippen LogP contribution in [0.15, 0.2) is 66.7 Å². The number of anilines is 2. The number of methoxy groups -OCH3 is 3. The highest BCUT2D eigenvalue weighted by molar-refractivity contribution is 5.92. The molecule has 0 spiro atoms. The standard InChI is InChI=1S/C25H28N2O4/c1-27(21-13-9-8-12-20(21)18-10-6-5-7-11-18)15-14-24(28)26-19-16-22(29-2)25(31-4)23(17-19)30-3/h5-13,16-17H,14-15H2,1-4H3,(H,26,28). The lowest BCUT2D eigenvalue weighted by atomic mass is 10.0. The first-order valence-corrected chi connectivity index (χ1v) is 10.0. The van der Waals surface area contributed by atoms with Gasteiger partial charge in [-0.05, 0) is 11.6 Å². The molecule has 162 valence electrons. The average molecular weight is 421 g/mol. The van der Waals surface area contributed by atoms with E-state index in [0.717, 1.165) is 16.8 Å². The Morgan fingerprint density at radius 2 is 1.48 bits per heavy atom. The van der Waals surface area contributed by atoms with Gasteiger partial charge in [0.15, 0.2) is 11.5 Å². The molecule has 0 aromatic heterocycles. The van der Waals surface area contributed by atoms with Crippen molar-refractivity contribution in [2.45, 2.75) is 6.42 Å². The predicted molar refractivity (Wildman–Crippen MR) is 124 cm³/mol. The predicted octanol–water partition coefficient (Wildman–Crippen LogP) is 4.84. The van der Waals surface area contributed by atoms with E-state index < -0.39 is 0 Å². The van der Waals surface area contributed by atoms with E-state index in [1.807, 2.05) is 37.4 Å². The molecule has 0 aliphatic carbocycles. The zero-order valence-corrected chi connectivity index (χ0v) is 18.3. The molecule has 0 unspecified atom stereocenters. The van der Waals surface area contributed by atoms with Crippen LogP contribution >= 0.6 is 0 Å². The molecule has 31 heavy (non-hydrogen) atoms. The minimum absolute atomic E-state index is 0.0988.